The molecule has 2 atom stereocenters. The number of rotatable bonds is 3. The summed E-state index contributed by atoms with van der Waals surface area (Å²) in [5.74, 6) is 0. The Morgan fingerprint density at radius 1 is 1.39 bits per heavy atom. The second kappa shape index (κ2) is 4.57. The van der Waals surface area contributed by atoms with Crippen LogP contribution < -0.4 is 5.73 Å². The SMILES string of the molecule is NCc1cc(S(=O)(=O)N2CC3CCC(C2)O3)cs1. The molecule has 2 fully saturated rings. The molecule has 2 N–H and O–H groups in total. The fraction of sp³-hybridized carbons (Fsp3) is 0.636. The average molecular weight is 288 g/mol. The van der Waals surface area contributed by atoms with E-state index >= 15 is 0 Å². The Bertz CT molecular complexity index is 528. The highest BCUT2D eigenvalue weighted by atomic mass is 32.2. The number of ether oxygens (including phenoxy) is 1. The maximum atomic E-state index is 12.5. The maximum absolute atomic E-state index is 12.5. The zero-order valence-electron chi connectivity index (χ0n) is 9.91. The number of nitrogens with zero attached hydrogens (tertiary/aromatic N) is 1. The van der Waals surface area contributed by atoms with Gasteiger partial charge in [0.15, 0.2) is 0 Å². The van der Waals surface area contributed by atoms with E-state index in [1.165, 1.54) is 11.3 Å². The van der Waals surface area contributed by atoms with Crippen molar-refractivity contribution in [2.45, 2.75) is 36.5 Å². The second-order valence-corrected chi connectivity index (χ2v) is 7.67. The minimum Gasteiger partial charge on any atom is -0.372 e. The van der Waals surface area contributed by atoms with Crippen molar-refractivity contribution in [1.29, 1.82) is 0 Å². The fourth-order valence-electron chi connectivity index (χ4n) is 2.53. The summed E-state index contributed by atoms with van der Waals surface area (Å²) in [6.07, 6.45) is 2.08. The highest BCUT2D eigenvalue weighted by molar-refractivity contribution is 7.89. The lowest BCUT2D eigenvalue weighted by Gasteiger charge is -2.30. The summed E-state index contributed by atoms with van der Waals surface area (Å²) in [5, 5.41) is 1.68. The molecule has 2 bridgehead atoms. The molecule has 2 aliphatic rings. The van der Waals surface area contributed by atoms with Gasteiger partial charge in [0, 0.05) is 29.9 Å². The smallest absolute Gasteiger partial charge is 0.244 e. The highest BCUT2D eigenvalue weighted by Crippen LogP contribution is 2.31. The number of nitrogens with two attached hydrogens (primary N) is 1. The summed E-state index contributed by atoms with van der Waals surface area (Å²) < 4.78 is 32.2. The van der Waals surface area contributed by atoms with Crippen molar-refractivity contribution in [2.24, 2.45) is 5.73 Å². The standard InChI is InChI=1S/C11H16N2O3S2/c12-4-10-3-11(7-17-10)18(14,15)13-5-8-1-2-9(6-13)16-8/h3,7-9H,1-2,4-6,12H2. The minimum atomic E-state index is -3.37. The molecule has 0 saturated carbocycles. The quantitative estimate of drug-likeness (QED) is 0.891. The Morgan fingerprint density at radius 2 is 2.06 bits per heavy atom. The average Bonchev–Trinajstić information content (AvgIpc) is 2.96. The zero-order chi connectivity index (χ0) is 12.8. The molecule has 1 aromatic rings. The van der Waals surface area contributed by atoms with Crippen LogP contribution in [0.25, 0.3) is 0 Å². The van der Waals surface area contributed by atoms with Crippen LogP contribution >= 0.6 is 11.3 Å². The molecule has 100 valence electrons. The summed E-state index contributed by atoms with van der Waals surface area (Å²) in [6, 6.07) is 1.68. The van der Waals surface area contributed by atoms with Crippen LogP contribution in [0.2, 0.25) is 0 Å². The molecule has 0 spiro atoms. The molecule has 1 aromatic heterocycles. The van der Waals surface area contributed by atoms with E-state index in [1.807, 2.05) is 0 Å². The summed E-state index contributed by atoms with van der Waals surface area (Å²) in [7, 11) is -3.37. The lowest BCUT2D eigenvalue weighted by molar-refractivity contribution is -0.0114. The van der Waals surface area contributed by atoms with Gasteiger partial charge < -0.3 is 10.5 Å². The molecule has 0 aliphatic carbocycles. The second-order valence-electron chi connectivity index (χ2n) is 4.73. The third-order valence-electron chi connectivity index (χ3n) is 3.48. The van der Waals surface area contributed by atoms with Crippen LogP contribution in [0.15, 0.2) is 16.3 Å². The molecule has 2 saturated heterocycles. The van der Waals surface area contributed by atoms with Crippen molar-refractivity contribution in [3.05, 3.63) is 16.3 Å². The van der Waals surface area contributed by atoms with Gasteiger partial charge >= 0.3 is 0 Å². The van der Waals surface area contributed by atoms with Gasteiger partial charge in [-0.25, -0.2) is 8.42 Å². The first-order valence-electron chi connectivity index (χ1n) is 6.02. The van der Waals surface area contributed by atoms with Crippen LogP contribution in [0.4, 0.5) is 0 Å². The molecule has 18 heavy (non-hydrogen) atoms. The van der Waals surface area contributed by atoms with Crippen LogP contribution in [0, 0.1) is 0 Å². The van der Waals surface area contributed by atoms with Gasteiger partial charge in [-0.1, -0.05) is 0 Å². The third-order valence-corrected chi connectivity index (χ3v) is 6.40. The van der Waals surface area contributed by atoms with Gasteiger partial charge in [-0.3, -0.25) is 0 Å². The van der Waals surface area contributed by atoms with E-state index in [2.05, 4.69) is 0 Å². The van der Waals surface area contributed by atoms with Crippen molar-refractivity contribution in [3.8, 4) is 0 Å². The molecule has 3 heterocycles. The van der Waals surface area contributed by atoms with Crippen LogP contribution in [0.1, 0.15) is 17.7 Å². The molecule has 0 radical (unpaired) electrons. The fourth-order valence-corrected chi connectivity index (χ4v) is 5.17. The Kier molecular flexibility index (Phi) is 3.19. The number of hydrogen-bond acceptors (Lipinski definition) is 5. The maximum Gasteiger partial charge on any atom is 0.244 e. The monoisotopic (exact) mass is 288 g/mol. The van der Waals surface area contributed by atoms with Crippen LogP contribution in [-0.4, -0.2) is 38.0 Å². The number of sulfonamides is 1. The van der Waals surface area contributed by atoms with Gasteiger partial charge in [0.1, 0.15) is 0 Å². The first kappa shape index (κ1) is 12.6. The molecule has 5 nitrogen and oxygen atoms in total. The largest absolute Gasteiger partial charge is 0.372 e. The van der Waals surface area contributed by atoms with E-state index in [0.29, 0.717) is 24.5 Å². The lowest BCUT2D eigenvalue weighted by atomic mass is 10.2. The lowest BCUT2D eigenvalue weighted by Crippen LogP contribution is -2.45. The Balaban J connectivity index is 1.86. The van der Waals surface area contributed by atoms with E-state index < -0.39 is 10.0 Å². The highest BCUT2D eigenvalue weighted by Gasteiger charge is 2.39. The van der Waals surface area contributed by atoms with E-state index in [-0.39, 0.29) is 12.2 Å². The summed E-state index contributed by atoms with van der Waals surface area (Å²) in [5.41, 5.74) is 5.52. The Labute approximate surface area is 111 Å². The Morgan fingerprint density at radius 3 is 2.61 bits per heavy atom. The number of hydrogen-bond donors (Lipinski definition) is 1. The topological polar surface area (TPSA) is 72.6 Å². The predicted molar refractivity (Wildman–Crippen MR) is 68.9 cm³/mol. The van der Waals surface area contributed by atoms with Crippen molar-refractivity contribution < 1.29 is 13.2 Å². The van der Waals surface area contributed by atoms with Crippen molar-refractivity contribution in [3.63, 3.8) is 0 Å². The molecule has 2 unspecified atom stereocenters. The number of morpholine rings is 1. The van der Waals surface area contributed by atoms with Crippen LogP contribution in [0.5, 0.6) is 0 Å². The van der Waals surface area contributed by atoms with Gasteiger partial charge in [-0.05, 0) is 18.9 Å². The molecular formula is C11H16N2O3S2. The first-order chi connectivity index (χ1) is 8.59. The normalized spacial score (nSPS) is 28.7. The van der Waals surface area contributed by atoms with E-state index in [1.54, 1.807) is 15.8 Å². The molecule has 0 amide bonds. The van der Waals surface area contributed by atoms with Gasteiger partial charge in [0.05, 0.1) is 17.1 Å². The van der Waals surface area contributed by atoms with Crippen LogP contribution in [-0.2, 0) is 21.3 Å². The number of fused-ring (bicyclic) bond motifs is 2. The Hall–Kier alpha value is -0.470. The minimum absolute atomic E-state index is 0.0751. The molecule has 0 aromatic carbocycles. The molecule has 2 aliphatic heterocycles. The molecule has 3 rings (SSSR count). The predicted octanol–water partition coefficient (Wildman–Crippen LogP) is 0.759. The van der Waals surface area contributed by atoms with Gasteiger partial charge in [-0.15, -0.1) is 11.3 Å². The van der Waals surface area contributed by atoms with Crippen molar-refractivity contribution >= 4 is 21.4 Å². The van der Waals surface area contributed by atoms with E-state index in [0.717, 1.165) is 17.7 Å². The van der Waals surface area contributed by atoms with Gasteiger partial charge in [0.25, 0.3) is 0 Å². The van der Waals surface area contributed by atoms with Crippen molar-refractivity contribution in [1.82, 2.24) is 4.31 Å². The molecule has 7 heteroatoms. The third kappa shape index (κ3) is 2.10. The van der Waals surface area contributed by atoms with E-state index in [9.17, 15) is 8.42 Å². The summed E-state index contributed by atoms with van der Waals surface area (Å²) >= 11 is 1.40. The summed E-state index contributed by atoms with van der Waals surface area (Å²) in [4.78, 5) is 1.26. The summed E-state index contributed by atoms with van der Waals surface area (Å²) in [6.45, 7) is 1.34. The molecular weight excluding hydrogens is 272 g/mol. The number of thiophene rings is 1. The van der Waals surface area contributed by atoms with Crippen LogP contribution in [0.3, 0.4) is 0 Å². The van der Waals surface area contributed by atoms with E-state index in [4.69, 9.17) is 10.5 Å². The van der Waals surface area contributed by atoms with Gasteiger partial charge in [-0.2, -0.15) is 4.31 Å². The van der Waals surface area contributed by atoms with Gasteiger partial charge in [0.2, 0.25) is 10.0 Å². The zero-order valence-corrected chi connectivity index (χ0v) is 11.5. The first-order valence-corrected chi connectivity index (χ1v) is 8.34. The van der Waals surface area contributed by atoms with Crippen molar-refractivity contribution in [2.75, 3.05) is 13.1 Å².